The number of thiophene rings is 1. The predicted molar refractivity (Wildman–Crippen MR) is 128 cm³/mol. The number of amides is 1. The van der Waals surface area contributed by atoms with Gasteiger partial charge in [0, 0.05) is 24.3 Å². The Labute approximate surface area is 192 Å². The van der Waals surface area contributed by atoms with Gasteiger partial charge in [-0.1, -0.05) is 32.9 Å². The van der Waals surface area contributed by atoms with E-state index in [-0.39, 0.29) is 23.3 Å². The maximum atomic E-state index is 12.8. The summed E-state index contributed by atoms with van der Waals surface area (Å²) in [6.07, 6.45) is 3.75. The summed E-state index contributed by atoms with van der Waals surface area (Å²) in [7, 11) is 1.63. The van der Waals surface area contributed by atoms with E-state index in [0.717, 1.165) is 40.8 Å². The molecule has 0 fully saturated rings. The number of aromatic amines is 1. The number of nitrogens with zero attached hydrogens (tertiary/aromatic N) is 1. The van der Waals surface area contributed by atoms with Crippen molar-refractivity contribution < 1.29 is 9.53 Å². The second-order valence-corrected chi connectivity index (χ2v) is 10.7. The number of benzene rings is 1. The highest BCUT2D eigenvalue weighted by Crippen LogP contribution is 2.41. The van der Waals surface area contributed by atoms with Crippen LogP contribution in [-0.4, -0.2) is 23.0 Å². The van der Waals surface area contributed by atoms with Gasteiger partial charge in [0.2, 0.25) is 5.91 Å². The Morgan fingerprint density at radius 2 is 2.03 bits per heavy atom. The Morgan fingerprint density at radius 1 is 1.28 bits per heavy atom. The van der Waals surface area contributed by atoms with E-state index < -0.39 is 0 Å². The van der Waals surface area contributed by atoms with Crippen LogP contribution in [0.1, 0.15) is 55.4 Å². The lowest BCUT2D eigenvalue weighted by Crippen LogP contribution is -2.26. The van der Waals surface area contributed by atoms with Crippen LogP contribution < -0.4 is 15.6 Å². The van der Waals surface area contributed by atoms with Gasteiger partial charge in [-0.15, -0.1) is 11.3 Å². The molecule has 0 saturated heterocycles. The molecular formula is C25H31N3O3S. The molecule has 7 heteroatoms. The summed E-state index contributed by atoms with van der Waals surface area (Å²) in [4.78, 5) is 34.9. The van der Waals surface area contributed by atoms with Crippen molar-refractivity contribution in [1.82, 2.24) is 15.3 Å². The van der Waals surface area contributed by atoms with Gasteiger partial charge in [0.1, 0.15) is 16.4 Å². The first-order chi connectivity index (χ1) is 15.2. The molecule has 0 radical (unpaired) electrons. The van der Waals surface area contributed by atoms with E-state index in [9.17, 15) is 9.59 Å². The summed E-state index contributed by atoms with van der Waals surface area (Å²) in [5.41, 5.74) is 2.38. The van der Waals surface area contributed by atoms with E-state index in [0.29, 0.717) is 24.7 Å². The summed E-state index contributed by atoms with van der Waals surface area (Å²) in [5, 5.41) is 3.67. The molecular weight excluding hydrogens is 422 g/mol. The third-order valence-corrected chi connectivity index (χ3v) is 7.58. The fraction of sp³-hybridized carbons (Fsp3) is 0.480. The minimum atomic E-state index is -0.0738. The molecule has 1 aliphatic rings. The number of fused-ring (bicyclic) bond motifs is 3. The topological polar surface area (TPSA) is 84.1 Å². The molecule has 6 nitrogen and oxygen atoms in total. The molecule has 32 heavy (non-hydrogen) atoms. The molecule has 1 aromatic carbocycles. The van der Waals surface area contributed by atoms with Crippen LogP contribution in [0, 0.1) is 11.3 Å². The highest BCUT2D eigenvalue weighted by molar-refractivity contribution is 7.18. The number of nitrogens with one attached hydrogen (secondary N) is 2. The molecule has 1 unspecified atom stereocenters. The number of rotatable bonds is 6. The van der Waals surface area contributed by atoms with Crippen molar-refractivity contribution in [2.45, 2.75) is 59.4 Å². The van der Waals surface area contributed by atoms with Crippen LogP contribution in [0.4, 0.5) is 0 Å². The Bertz CT molecular complexity index is 1170. The molecule has 3 aromatic rings. The predicted octanol–water partition coefficient (Wildman–Crippen LogP) is 4.39. The van der Waals surface area contributed by atoms with E-state index in [1.54, 1.807) is 18.4 Å². The lowest BCUT2D eigenvalue weighted by molar-refractivity contribution is -0.121. The van der Waals surface area contributed by atoms with E-state index in [1.807, 2.05) is 24.3 Å². The monoisotopic (exact) mass is 453 g/mol. The van der Waals surface area contributed by atoms with Gasteiger partial charge < -0.3 is 15.0 Å². The molecule has 1 aliphatic carbocycles. The number of aromatic nitrogens is 2. The number of H-pyrrole nitrogens is 1. The summed E-state index contributed by atoms with van der Waals surface area (Å²) in [6.45, 7) is 7.33. The Hall–Kier alpha value is -2.67. The highest BCUT2D eigenvalue weighted by atomic mass is 32.1. The lowest BCUT2D eigenvalue weighted by atomic mass is 9.72. The van der Waals surface area contributed by atoms with Crippen molar-refractivity contribution >= 4 is 27.5 Å². The second-order valence-electron chi connectivity index (χ2n) is 9.63. The van der Waals surface area contributed by atoms with Gasteiger partial charge in [0.15, 0.2) is 0 Å². The summed E-state index contributed by atoms with van der Waals surface area (Å²) in [5.74, 6) is 1.92. The van der Waals surface area contributed by atoms with Crippen molar-refractivity contribution in [3.05, 3.63) is 56.4 Å². The number of aryl methyl sites for hydroxylation is 2. The molecule has 2 heterocycles. The maximum absolute atomic E-state index is 12.8. The van der Waals surface area contributed by atoms with Crippen LogP contribution >= 0.6 is 11.3 Å². The van der Waals surface area contributed by atoms with E-state index in [4.69, 9.17) is 9.72 Å². The first kappa shape index (κ1) is 22.5. The smallest absolute Gasteiger partial charge is 0.259 e. The zero-order valence-electron chi connectivity index (χ0n) is 19.2. The zero-order valence-corrected chi connectivity index (χ0v) is 20.0. The molecule has 2 N–H and O–H groups in total. The van der Waals surface area contributed by atoms with E-state index in [1.165, 1.54) is 10.4 Å². The van der Waals surface area contributed by atoms with Crippen molar-refractivity contribution in [3.63, 3.8) is 0 Å². The Balaban J connectivity index is 1.40. The molecule has 1 amide bonds. The average Bonchev–Trinajstić information content (AvgIpc) is 3.14. The quantitative estimate of drug-likeness (QED) is 0.580. The molecule has 1 atom stereocenters. The first-order valence-electron chi connectivity index (χ1n) is 11.2. The number of carbonyl (C=O) groups excluding carboxylic acids is 1. The number of hydrogen-bond donors (Lipinski definition) is 2. The molecule has 0 bridgehead atoms. The van der Waals surface area contributed by atoms with Crippen LogP contribution in [0.25, 0.3) is 10.2 Å². The molecule has 170 valence electrons. The van der Waals surface area contributed by atoms with Crippen molar-refractivity contribution in [3.8, 4) is 5.75 Å². The van der Waals surface area contributed by atoms with E-state index in [2.05, 4.69) is 31.1 Å². The Kier molecular flexibility index (Phi) is 6.38. The minimum absolute atomic E-state index is 0.0675. The number of hydrogen-bond acceptors (Lipinski definition) is 5. The molecule has 0 aliphatic heterocycles. The number of carbonyl (C=O) groups is 1. The van der Waals surface area contributed by atoms with Crippen LogP contribution in [-0.2, 0) is 30.6 Å². The normalized spacial score (nSPS) is 16.1. The van der Waals surface area contributed by atoms with Crippen molar-refractivity contribution in [1.29, 1.82) is 0 Å². The van der Waals surface area contributed by atoms with Gasteiger partial charge in [-0.2, -0.15) is 0 Å². The minimum Gasteiger partial charge on any atom is -0.497 e. The van der Waals surface area contributed by atoms with Crippen LogP contribution in [0.15, 0.2) is 29.1 Å². The van der Waals surface area contributed by atoms with Crippen molar-refractivity contribution in [2.24, 2.45) is 11.3 Å². The highest BCUT2D eigenvalue weighted by Gasteiger charge is 2.31. The van der Waals surface area contributed by atoms with E-state index >= 15 is 0 Å². The number of methoxy groups -OCH3 is 1. The zero-order chi connectivity index (χ0) is 22.9. The van der Waals surface area contributed by atoms with Gasteiger partial charge in [-0.3, -0.25) is 9.59 Å². The Morgan fingerprint density at radius 3 is 2.72 bits per heavy atom. The molecule has 0 saturated carbocycles. The second kappa shape index (κ2) is 9.06. The first-order valence-corrected chi connectivity index (χ1v) is 12.0. The van der Waals surface area contributed by atoms with Gasteiger partial charge in [-0.05, 0) is 53.9 Å². The lowest BCUT2D eigenvalue weighted by Gasteiger charge is -2.33. The third kappa shape index (κ3) is 4.88. The van der Waals surface area contributed by atoms with Crippen LogP contribution in [0.2, 0.25) is 0 Å². The largest absolute Gasteiger partial charge is 0.497 e. The molecule has 0 spiro atoms. The van der Waals surface area contributed by atoms with Gasteiger partial charge in [-0.25, -0.2) is 4.98 Å². The maximum Gasteiger partial charge on any atom is 0.259 e. The van der Waals surface area contributed by atoms with Gasteiger partial charge in [0.25, 0.3) is 5.56 Å². The van der Waals surface area contributed by atoms with Gasteiger partial charge in [0.05, 0.1) is 12.5 Å². The summed E-state index contributed by atoms with van der Waals surface area (Å²) >= 11 is 1.65. The third-order valence-electron chi connectivity index (χ3n) is 6.43. The number of ether oxygens (including phenoxy) is 1. The summed E-state index contributed by atoms with van der Waals surface area (Å²) < 4.78 is 5.15. The summed E-state index contributed by atoms with van der Waals surface area (Å²) in [6, 6.07) is 7.59. The van der Waals surface area contributed by atoms with Crippen LogP contribution in [0.5, 0.6) is 5.75 Å². The van der Waals surface area contributed by atoms with Crippen molar-refractivity contribution in [2.75, 3.05) is 7.11 Å². The SMILES string of the molecule is COc1ccc(CNC(=O)CCc2nc3sc4c(c3c(=O)[nH]2)CCC(C(C)(C)C)C4)cc1. The molecule has 4 rings (SSSR count). The fourth-order valence-corrected chi connectivity index (χ4v) is 5.67. The van der Waals surface area contributed by atoms with Gasteiger partial charge >= 0.3 is 0 Å². The standard InChI is InChI=1S/C25H31N3O3S/c1-25(2,3)16-7-10-18-19(13-16)32-24-22(18)23(30)27-20(28-24)11-12-21(29)26-14-15-5-8-17(31-4)9-6-15/h5-6,8-9,16H,7,10-14H2,1-4H3,(H,26,29)(H,27,28,30). The fourth-order valence-electron chi connectivity index (χ4n) is 4.35. The average molecular weight is 454 g/mol. The van der Waals surface area contributed by atoms with Crippen LogP contribution in [0.3, 0.4) is 0 Å². The molecule has 2 aromatic heterocycles.